The van der Waals surface area contributed by atoms with E-state index in [1.807, 2.05) is 11.8 Å². The van der Waals surface area contributed by atoms with Gasteiger partial charge in [0.05, 0.1) is 5.54 Å². The summed E-state index contributed by atoms with van der Waals surface area (Å²) in [7, 11) is 1.80. The Balaban J connectivity index is 2.48. The van der Waals surface area contributed by atoms with Crippen molar-refractivity contribution in [2.75, 3.05) is 13.7 Å². The fourth-order valence-electron chi connectivity index (χ4n) is 2.27. The lowest BCUT2D eigenvalue weighted by molar-refractivity contribution is -0.124. The third kappa shape index (κ3) is 3.12. The Kier molecular flexibility index (Phi) is 5.08. The van der Waals surface area contributed by atoms with Crippen molar-refractivity contribution in [3.63, 3.8) is 0 Å². The highest BCUT2D eigenvalue weighted by atomic mass is 32.2. The number of carbonyl (C=O) groups is 1. The molecule has 16 heavy (non-hydrogen) atoms. The molecule has 4 N–H and O–H groups in total. The van der Waals surface area contributed by atoms with Crippen molar-refractivity contribution in [3.8, 4) is 0 Å². The molecule has 0 radical (unpaired) electrons. The number of rotatable bonds is 6. The maximum atomic E-state index is 11.4. The number of aliphatic hydroxyl groups is 1. The first-order valence-corrected chi connectivity index (χ1v) is 6.73. The standard InChI is InChI=1S/C11H22N2O2S/c1-8(4-6-14)16-9-3-5-11(7-9,13-2)10(12)15/h8-9,13-14H,3-7H2,1-2H3,(H2,12,15). The van der Waals surface area contributed by atoms with Gasteiger partial charge in [0.2, 0.25) is 5.91 Å². The molecule has 0 saturated heterocycles. The Labute approximate surface area is 101 Å². The summed E-state index contributed by atoms with van der Waals surface area (Å²) in [5.74, 6) is -0.243. The van der Waals surface area contributed by atoms with Gasteiger partial charge in [-0.2, -0.15) is 11.8 Å². The van der Waals surface area contributed by atoms with Gasteiger partial charge in [-0.15, -0.1) is 0 Å². The molecule has 5 heteroatoms. The summed E-state index contributed by atoms with van der Waals surface area (Å²) < 4.78 is 0. The van der Waals surface area contributed by atoms with Gasteiger partial charge >= 0.3 is 0 Å². The lowest BCUT2D eigenvalue weighted by Gasteiger charge is -2.25. The number of primary amides is 1. The van der Waals surface area contributed by atoms with Crippen molar-refractivity contribution >= 4 is 17.7 Å². The van der Waals surface area contributed by atoms with Gasteiger partial charge in [0.15, 0.2) is 0 Å². The van der Waals surface area contributed by atoms with Gasteiger partial charge in [0.1, 0.15) is 0 Å². The van der Waals surface area contributed by atoms with Crippen molar-refractivity contribution in [1.82, 2.24) is 5.32 Å². The molecule has 94 valence electrons. The zero-order chi connectivity index (χ0) is 12.2. The lowest BCUT2D eigenvalue weighted by Crippen LogP contribution is -2.52. The fraction of sp³-hybridized carbons (Fsp3) is 0.909. The van der Waals surface area contributed by atoms with Crippen LogP contribution in [-0.4, -0.2) is 40.7 Å². The highest BCUT2D eigenvalue weighted by Crippen LogP contribution is 2.38. The van der Waals surface area contributed by atoms with Crippen molar-refractivity contribution in [2.24, 2.45) is 5.73 Å². The zero-order valence-electron chi connectivity index (χ0n) is 10.0. The van der Waals surface area contributed by atoms with Crippen LogP contribution in [0.1, 0.15) is 32.6 Å². The minimum Gasteiger partial charge on any atom is -0.396 e. The van der Waals surface area contributed by atoms with Crippen molar-refractivity contribution in [2.45, 2.75) is 48.6 Å². The predicted octanol–water partition coefficient (Wildman–Crippen LogP) is 0.486. The van der Waals surface area contributed by atoms with E-state index < -0.39 is 5.54 Å². The summed E-state index contributed by atoms with van der Waals surface area (Å²) in [4.78, 5) is 11.4. The van der Waals surface area contributed by atoms with E-state index in [0.717, 1.165) is 25.7 Å². The number of hydrogen-bond acceptors (Lipinski definition) is 4. The Morgan fingerprint density at radius 1 is 1.75 bits per heavy atom. The van der Waals surface area contributed by atoms with Gasteiger partial charge in [-0.3, -0.25) is 4.79 Å². The van der Waals surface area contributed by atoms with Crippen LogP contribution < -0.4 is 11.1 Å². The van der Waals surface area contributed by atoms with Crippen molar-refractivity contribution < 1.29 is 9.90 Å². The number of amides is 1. The Hall–Kier alpha value is -0.260. The zero-order valence-corrected chi connectivity index (χ0v) is 10.8. The molecule has 0 aromatic carbocycles. The van der Waals surface area contributed by atoms with Gasteiger partial charge in [-0.1, -0.05) is 6.92 Å². The smallest absolute Gasteiger partial charge is 0.237 e. The molecule has 3 atom stereocenters. The maximum absolute atomic E-state index is 11.4. The third-order valence-electron chi connectivity index (χ3n) is 3.38. The van der Waals surface area contributed by atoms with Crippen LogP contribution in [0.25, 0.3) is 0 Å². The second-order valence-electron chi connectivity index (χ2n) is 4.52. The summed E-state index contributed by atoms with van der Waals surface area (Å²) in [6.07, 6.45) is 3.45. The molecule has 0 aromatic heterocycles. The second kappa shape index (κ2) is 5.89. The monoisotopic (exact) mass is 246 g/mol. The fourth-order valence-corrected chi connectivity index (χ4v) is 3.80. The van der Waals surface area contributed by atoms with E-state index in [0.29, 0.717) is 10.5 Å². The normalized spacial score (nSPS) is 31.6. The number of nitrogens with one attached hydrogen (secondary N) is 1. The average molecular weight is 246 g/mol. The third-order valence-corrected chi connectivity index (χ3v) is 4.87. The molecule has 0 aliphatic heterocycles. The van der Waals surface area contributed by atoms with Crippen molar-refractivity contribution in [1.29, 1.82) is 0 Å². The van der Waals surface area contributed by atoms with Crippen LogP contribution in [0.4, 0.5) is 0 Å². The Bertz CT molecular complexity index is 250. The Morgan fingerprint density at radius 3 is 2.88 bits per heavy atom. The number of hydrogen-bond donors (Lipinski definition) is 3. The molecular weight excluding hydrogens is 224 g/mol. The summed E-state index contributed by atoms with van der Waals surface area (Å²) in [6.45, 7) is 2.35. The molecule has 0 bridgehead atoms. The first-order chi connectivity index (χ1) is 7.54. The first-order valence-electron chi connectivity index (χ1n) is 5.79. The highest BCUT2D eigenvalue weighted by molar-refractivity contribution is 8.00. The van der Waals surface area contributed by atoms with E-state index >= 15 is 0 Å². The predicted molar refractivity (Wildman–Crippen MR) is 67.4 cm³/mol. The van der Waals surface area contributed by atoms with Gasteiger partial charge in [-0.25, -0.2) is 0 Å². The first kappa shape index (κ1) is 13.8. The largest absolute Gasteiger partial charge is 0.396 e. The molecular formula is C11H22N2O2S. The van der Waals surface area contributed by atoms with Gasteiger partial charge in [-0.05, 0) is 32.7 Å². The molecule has 0 spiro atoms. The van der Waals surface area contributed by atoms with Crippen LogP contribution in [0.5, 0.6) is 0 Å². The van der Waals surface area contributed by atoms with Crippen LogP contribution >= 0.6 is 11.8 Å². The van der Waals surface area contributed by atoms with E-state index in [1.165, 1.54) is 0 Å². The van der Waals surface area contributed by atoms with Crippen LogP contribution in [0.3, 0.4) is 0 Å². The van der Waals surface area contributed by atoms with E-state index in [1.54, 1.807) is 7.05 Å². The molecule has 0 heterocycles. The topological polar surface area (TPSA) is 75.3 Å². The van der Waals surface area contributed by atoms with Crippen LogP contribution in [0, 0.1) is 0 Å². The number of nitrogens with two attached hydrogens (primary N) is 1. The molecule has 1 aliphatic rings. The van der Waals surface area contributed by atoms with Crippen LogP contribution in [0.2, 0.25) is 0 Å². The number of carbonyl (C=O) groups excluding carboxylic acids is 1. The lowest BCUT2D eigenvalue weighted by atomic mass is 9.97. The molecule has 3 unspecified atom stereocenters. The number of likely N-dealkylation sites (N-methyl/N-ethyl adjacent to an activating group) is 1. The summed E-state index contributed by atoms with van der Waals surface area (Å²) >= 11 is 1.86. The van der Waals surface area contributed by atoms with Gasteiger partial charge in [0.25, 0.3) is 0 Å². The average Bonchev–Trinajstić information content (AvgIpc) is 2.63. The number of thioether (sulfide) groups is 1. The van der Waals surface area contributed by atoms with E-state index in [-0.39, 0.29) is 12.5 Å². The second-order valence-corrected chi connectivity index (χ2v) is 6.26. The molecule has 1 amide bonds. The van der Waals surface area contributed by atoms with Crippen molar-refractivity contribution in [3.05, 3.63) is 0 Å². The highest BCUT2D eigenvalue weighted by Gasteiger charge is 2.43. The van der Waals surface area contributed by atoms with E-state index in [9.17, 15) is 4.79 Å². The summed E-state index contributed by atoms with van der Waals surface area (Å²) in [5.41, 5.74) is 4.94. The van der Waals surface area contributed by atoms with Gasteiger partial charge < -0.3 is 16.2 Å². The van der Waals surface area contributed by atoms with Gasteiger partial charge in [0, 0.05) is 17.1 Å². The molecule has 1 rings (SSSR count). The molecule has 1 saturated carbocycles. The minimum absolute atomic E-state index is 0.230. The minimum atomic E-state index is -0.503. The van der Waals surface area contributed by atoms with E-state index in [4.69, 9.17) is 10.8 Å². The molecule has 4 nitrogen and oxygen atoms in total. The molecule has 1 fully saturated rings. The van der Waals surface area contributed by atoms with Crippen LogP contribution in [0.15, 0.2) is 0 Å². The number of aliphatic hydroxyl groups excluding tert-OH is 1. The maximum Gasteiger partial charge on any atom is 0.237 e. The molecule has 1 aliphatic carbocycles. The summed E-state index contributed by atoms with van der Waals surface area (Å²) in [5, 5.41) is 12.8. The Morgan fingerprint density at radius 2 is 2.44 bits per heavy atom. The van der Waals surface area contributed by atoms with E-state index in [2.05, 4.69) is 12.2 Å². The quantitative estimate of drug-likeness (QED) is 0.637. The van der Waals surface area contributed by atoms with Crippen LogP contribution in [-0.2, 0) is 4.79 Å². The SMILES string of the molecule is CNC1(C(N)=O)CCC(SC(C)CCO)C1. The molecule has 0 aromatic rings. The summed E-state index contributed by atoms with van der Waals surface area (Å²) in [6, 6.07) is 0.